The van der Waals surface area contributed by atoms with Gasteiger partial charge >= 0.3 is 0 Å². The predicted molar refractivity (Wildman–Crippen MR) is 81.8 cm³/mol. The highest BCUT2D eigenvalue weighted by molar-refractivity contribution is 5.99. The Balaban J connectivity index is 2.92. The molecule has 0 aliphatic carbocycles. The molecule has 3 nitrogen and oxygen atoms in total. The Kier molecular flexibility index (Phi) is 5.87. The highest BCUT2D eigenvalue weighted by Gasteiger charge is 2.17. The minimum atomic E-state index is 0.0938. The summed E-state index contributed by atoms with van der Waals surface area (Å²) in [4.78, 5) is 14.3. The second-order valence-electron chi connectivity index (χ2n) is 5.28. The third kappa shape index (κ3) is 4.27. The monoisotopic (exact) mass is 262 g/mol. The number of rotatable bonds is 6. The van der Waals surface area contributed by atoms with E-state index in [0.717, 1.165) is 36.3 Å². The third-order valence-electron chi connectivity index (χ3n) is 3.40. The molecule has 1 atom stereocenters. The minimum absolute atomic E-state index is 0.0938. The highest BCUT2D eigenvalue weighted by atomic mass is 16.2. The molecule has 1 aromatic rings. The van der Waals surface area contributed by atoms with Crippen LogP contribution in [0.5, 0.6) is 0 Å². The van der Waals surface area contributed by atoms with E-state index < -0.39 is 0 Å². The molecule has 0 heterocycles. The van der Waals surface area contributed by atoms with Gasteiger partial charge in [0.2, 0.25) is 0 Å². The number of nitrogens with one attached hydrogen (secondary N) is 1. The van der Waals surface area contributed by atoms with Gasteiger partial charge in [-0.15, -0.1) is 0 Å². The first-order valence-corrected chi connectivity index (χ1v) is 7.09. The molecule has 0 radical (unpaired) electrons. The van der Waals surface area contributed by atoms with Crippen LogP contribution in [0.25, 0.3) is 0 Å². The number of benzene rings is 1. The van der Waals surface area contributed by atoms with Crippen LogP contribution in [0.2, 0.25) is 0 Å². The van der Waals surface area contributed by atoms with Gasteiger partial charge in [0.25, 0.3) is 5.91 Å². The molecule has 0 saturated heterocycles. The summed E-state index contributed by atoms with van der Waals surface area (Å²) in [6, 6.07) is 5.95. The molecule has 19 heavy (non-hydrogen) atoms. The molecule has 1 amide bonds. The number of hydrogen-bond donors (Lipinski definition) is 1. The summed E-state index contributed by atoms with van der Waals surface area (Å²) in [7, 11) is 1.88. The van der Waals surface area contributed by atoms with Crippen molar-refractivity contribution < 1.29 is 4.79 Å². The third-order valence-corrected chi connectivity index (χ3v) is 3.40. The Morgan fingerprint density at radius 1 is 1.37 bits per heavy atom. The molecule has 0 fully saturated rings. The van der Waals surface area contributed by atoms with Gasteiger partial charge in [0.05, 0.1) is 5.56 Å². The van der Waals surface area contributed by atoms with E-state index in [1.807, 2.05) is 44.0 Å². The van der Waals surface area contributed by atoms with E-state index in [4.69, 9.17) is 0 Å². The van der Waals surface area contributed by atoms with Crippen LogP contribution in [0.4, 0.5) is 5.69 Å². The Labute approximate surface area is 117 Å². The second-order valence-corrected chi connectivity index (χ2v) is 5.28. The average molecular weight is 262 g/mol. The van der Waals surface area contributed by atoms with E-state index in [1.165, 1.54) is 0 Å². The maximum Gasteiger partial charge on any atom is 0.255 e. The molecule has 0 bridgehead atoms. The van der Waals surface area contributed by atoms with Crippen LogP contribution in [0, 0.1) is 12.8 Å². The van der Waals surface area contributed by atoms with Crippen molar-refractivity contribution in [1.29, 1.82) is 0 Å². The Bertz CT molecular complexity index is 429. The van der Waals surface area contributed by atoms with Gasteiger partial charge in [-0.3, -0.25) is 4.79 Å². The normalized spacial score (nSPS) is 12.1. The van der Waals surface area contributed by atoms with Gasteiger partial charge in [0, 0.05) is 25.8 Å². The van der Waals surface area contributed by atoms with Crippen LogP contribution in [-0.2, 0) is 0 Å². The molecular weight excluding hydrogens is 236 g/mol. The second kappa shape index (κ2) is 7.17. The average Bonchev–Trinajstić information content (AvgIpc) is 2.38. The predicted octanol–water partition coefficient (Wildman–Crippen LogP) is 3.54. The van der Waals surface area contributed by atoms with Crippen LogP contribution < -0.4 is 5.32 Å². The zero-order valence-electron chi connectivity index (χ0n) is 12.8. The molecule has 3 heteroatoms. The summed E-state index contributed by atoms with van der Waals surface area (Å²) >= 11 is 0. The van der Waals surface area contributed by atoms with E-state index in [0.29, 0.717) is 5.92 Å². The molecule has 1 aromatic carbocycles. The first kappa shape index (κ1) is 15.5. The lowest BCUT2D eigenvalue weighted by Crippen LogP contribution is -2.31. The molecule has 1 unspecified atom stereocenters. The number of carbonyl (C=O) groups excluding carboxylic acids is 1. The lowest BCUT2D eigenvalue weighted by molar-refractivity contribution is 0.0776. The summed E-state index contributed by atoms with van der Waals surface area (Å²) in [5, 5.41) is 3.27. The molecule has 1 rings (SSSR count). The van der Waals surface area contributed by atoms with E-state index in [1.54, 1.807) is 0 Å². The fourth-order valence-electron chi connectivity index (χ4n) is 2.07. The van der Waals surface area contributed by atoms with E-state index >= 15 is 0 Å². The number of hydrogen-bond acceptors (Lipinski definition) is 2. The lowest BCUT2D eigenvalue weighted by Gasteiger charge is -2.22. The van der Waals surface area contributed by atoms with Crippen LogP contribution in [0.15, 0.2) is 18.2 Å². The van der Waals surface area contributed by atoms with E-state index in [9.17, 15) is 4.79 Å². The molecule has 1 N–H and O–H groups in total. The number of amides is 1. The minimum Gasteiger partial charge on any atom is -0.385 e. The van der Waals surface area contributed by atoms with Crippen molar-refractivity contribution in [2.24, 2.45) is 5.92 Å². The van der Waals surface area contributed by atoms with Gasteiger partial charge in [0.15, 0.2) is 0 Å². The standard InChI is InChI=1S/C16H26N2O/c1-6-12(3)11-18(5)16(19)14-9-8-13(4)10-15(14)17-7-2/h8-10,12,17H,6-7,11H2,1-5H3. The van der Waals surface area contributed by atoms with Crippen molar-refractivity contribution >= 4 is 11.6 Å². The zero-order valence-corrected chi connectivity index (χ0v) is 12.8. The first-order valence-electron chi connectivity index (χ1n) is 7.09. The fourth-order valence-corrected chi connectivity index (χ4v) is 2.07. The number of aryl methyl sites for hydroxylation is 1. The Morgan fingerprint density at radius 3 is 2.63 bits per heavy atom. The highest BCUT2D eigenvalue weighted by Crippen LogP contribution is 2.19. The van der Waals surface area contributed by atoms with Crippen molar-refractivity contribution in [3.8, 4) is 0 Å². The van der Waals surface area contributed by atoms with Crippen molar-refractivity contribution in [2.75, 3.05) is 25.5 Å². The smallest absolute Gasteiger partial charge is 0.255 e. The summed E-state index contributed by atoms with van der Waals surface area (Å²) in [5.74, 6) is 0.623. The van der Waals surface area contributed by atoms with Crippen LogP contribution in [0.1, 0.15) is 43.1 Å². The summed E-state index contributed by atoms with van der Waals surface area (Å²) < 4.78 is 0. The van der Waals surface area contributed by atoms with Gasteiger partial charge in [0.1, 0.15) is 0 Å². The topological polar surface area (TPSA) is 32.3 Å². The molecule has 0 spiro atoms. The van der Waals surface area contributed by atoms with Crippen molar-refractivity contribution in [3.63, 3.8) is 0 Å². The molecule has 0 aromatic heterocycles. The maximum absolute atomic E-state index is 12.5. The molecule has 0 saturated carbocycles. The van der Waals surface area contributed by atoms with Crippen molar-refractivity contribution in [2.45, 2.75) is 34.1 Å². The largest absolute Gasteiger partial charge is 0.385 e. The Hall–Kier alpha value is -1.51. The van der Waals surface area contributed by atoms with Crippen LogP contribution >= 0.6 is 0 Å². The first-order chi connectivity index (χ1) is 8.99. The fraction of sp³-hybridized carbons (Fsp3) is 0.562. The van der Waals surface area contributed by atoms with Crippen LogP contribution in [-0.4, -0.2) is 30.9 Å². The van der Waals surface area contributed by atoms with Crippen molar-refractivity contribution in [1.82, 2.24) is 4.90 Å². The SMILES string of the molecule is CCNc1cc(C)ccc1C(=O)N(C)CC(C)CC. The number of carbonyl (C=O) groups is 1. The molecular formula is C16H26N2O. The van der Waals surface area contributed by atoms with Crippen LogP contribution in [0.3, 0.4) is 0 Å². The summed E-state index contributed by atoms with van der Waals surface area (Å²) in [6.45, 7) is 10.0. The van der Waals surface area contributed by atoms with Gasteiger partial charge in [-0.2, -0.15) is 0 Å². The van der Waals surface area contributed by atoms with Gasteiger partial charge < -0.3 is 10.2 Å². The molecule has 0 aliphatic rings. The maximum atomic E-state index is 12.5. The lowest BCUT2D eigenvalue weighted by atomic mass is 10.1. The van der Waals surface area contributed by atoms with Gasteiger partial charge in [-0.05, 0) is 37.5 Å². The molecule has 106 valence electrons. The van der Waals surface area contributed by atoms with Gasteiger partial charge in [-0.25, -0.2) is 0 Å². The zero-order chi connectivity index (χ0) is 14.4. The van der Waals surface area contributed by atoms with Gasteiger partial charge in [-0.1, -0.05) is 26.3 Å². The van der Waals surface area contributed by atoms with E-state index in [2.05, 4.69) is 19.2 Å². The Morgan fingerprint density at radius 2 is 2.05 bits per heavy atom. The van der Waals surface area contributed by atoms with Crippen molar-refractivity contribution in [3.05, 3.63) is 29.3 Å². The summed E-state index contributed by atoms with van der Waals surface area (Å²) in [5.41, 5.74) is 2.86. The molecule has 0 aliphatic heterocycles. The van der Waals surface area contributed by atoms with E-state index in [-0.39, 0.29) is 5.91 Å². The number of nitrogens with zero attached hydrogens (tertiary/aromatic N) is 1. The quantitative estimate of drug-likeness (QED) is 0.850. The summed E-state index contributed by atoms with van der Waals surface area (Å²) in [6.07, 6.45) is 1.09. The number of anilines is 1.